The molecule has 4 N–H and O–H groups in total. The Labute approximate surface area is 464 Å². The minimum atomic E-state index is -4.64. The summed E-state index contributed by atoms with van der Waals surface area (Å²) >= 11 is 0. The van der Waals surface area contributed by atoms with Gasteiger partial charge in [0.15, 0.2) is 26.4 Å². The van der Waals surface area contributed by atoms with Crippen LogP contribution < -0.4 is 10.4 Å². The van der Waals surface area contributed by atoms with E-state index in [1.807, 2.05) is 24.3 Å². The van der Waals surface area contributed by atoms with Crippen LogP contribution in [0.4, 0.5) is 35.1 Å². The van der Waals surface area contributed by atoms with Crippen LogP contribution in [0.2, 0.25) is 0 Å². The number of alkyl halides is 8. The number of hydrogen-bond donors (Lipinski definition) is 4. The van der Waals surface area contributed by atoms with Crippen LogP contribution in [0.15, 0.2) is 97.1 Å². The number of carbonyl (C=O) groups excluding carboxylic acids is 4. The minimum Gasteiger partial charge on any atom is -0.453 e. The minimum absolute atomic E-state index is 0.0381. The van der Waals surface area contributed by atoms with Crippen LogP contribution in [0.3, 0.4) is 0 Å². The first-order chi connectivity index (χ1) is 40.4. The fourth-order valence-corrected chi connectivity index (χ4v) is 17.9. The molecule has 2 unspecified atom stereocenters. The van der Waals surface area contributed by atoms with Crippen molar-refractivity contribution in [1.82, 2.24) is 0 Å². The van der Waals surface area contributed by atoms with E-state index in [1.54, 1.807) is 0 Å². The molecule has 12 nitrogen and oxygen atoms in total. The molecule has 19 rings (SSSR count). The number of allylic oxidation sites excluding steroid dienone is 2. The summed E-state index contributed by atoms with van der Waals surface area (Å²) in [4.78, 5) is 57.1. The van der Waals surface area contributed by atoms with Gasteiger partial charge in [0.2, 0.25) is 0 Å². The maximum atomic E-state index is 14.6. The van der Waals surface area contributed by atoms with Gasteiger partial charge in [0, 0.05) is 0 Å². The summed E-state index contributed by atoms with van der Waals surface area (Å²) in [5.41, 5.74) is -5.31. The first kappa shape index (κ1) is 48.1. The van der Waals surface area contributed by atoms with E-state index < -0.39 is 113 Å². The number of carbonyl (C=O) groups is 4. The van der Waals surface area contributed by atoms with Crippen LogP contribution in [-0.2, 0) is 35.2 Å². The number of halogens is 8. The van der Waals surface area contributed by atoms with Gasteiger partial charge >= 0.3 is 48.3 Å². The molecule has 1 saturated carbocycles. The fourth-order valence-electron chi connectivity index (χ4n) is 17.9. The summed E-state index contributed by atoms with van der Waals surface area (Å²) in [6.45, 7) is -7.78. The summed E-state index contributed by atoms with van der Waals surface area (Å²) in [6, 6.07) is 23.8. The van der Waals surface area contributed by atoms with Crippen molar-refractivity contribution in [1.29, 1.82) is 0 Å². The van der Waals surface area contributed by atoms with E-state index in [1.165, 1.54) is 12.1 Å². The monoisotopic (exact) mass is 1150 g/mol. The molecule has 2 spiro atoms. The number of rotatable bonds is 14. The standard InChI is InChI=1S/C65H28F8O12/c66-59(67,78)17-82-55(74)29-3-1-21(15-33(29)57(76)84-19-61(70,71)80)63(22-2-4-30(56(75)83-18-60(68,69)79)34(16-22)58(77)85-20-62(72,73)81)64-35-13-14-36-32-12-10-28-26-8-6-24-23-5-7-25-27-9-11-31(35)43-41(27)46-39(25)37(23)45-38(24)40(26)47-42(28)44(32)54(65(36,63)64)52-50(47)48(45)49(46)51(52)53(43)64/h1-16,78-81H,17-20H2. The lowest BCUT2D eigenvalue weighted by Crippen LogP contribution is -2.29. The zero-order valence-electron chi connectivity index (χ0n) is 42.6. The number of fused-ring (bicyclic) bond motifs is 3. The number of hydrogen-bond acceptors (Lipinski definition) is 12. The maximum absolute atomic E-state index is 14.6. The second-order valence-electron chi connectivity index (χ2n) is 23.3. The van der Waals surface area contributed by atoms with E-state index in [0.717, 1.165) is 164 Å². The normalized spacial score (nSPS) is 19.5. The van der Waals surface area contributed by atoms with Crippen molar-refractivity contribution in [3.05, 3.63) is 152 Å². The summed E-state index contributed by atoms with van der Waals surface area (Å²) in [5.74, 6) is -6.70. The van der Waals surface area contributed by atoms with E-state index in [0.29, 0.717) is 11.1 Å². The molecule has 1 fully saturated rings. The van der Waals surface area contributed by atoms with Gasteiger partial charge in [-0.2, -0.15) is 35.1 Å². The molecule has 0 bridgehead atoms. The molecular formula is C65H28F8O12. The van der Waals surface area contributed by atoms with Crippen molar-refractivity contribution in [2.24, 2.45) is 0 Å². The van der Waals surface area contributed by atoms with Gasteiger partial charge in [-0.25, -0.2) is 19.2 Å². The van der Waals surface area contributed by atoms with Gasteiger partial charge in [0.1, 0.15) is 0 Å². The van der Waals surface area contributed by atoms with Gasteiger partial charge in [0.05, 0.1) is 38.5 Å². The van der Waals surface area contributed by atoms with Crippen molar-refractivity contribution in [2.45, 2.75) is 40.7 Å². The van der Waals surface area contributed by atoms with Crippen molar-refractivity contribution >= 4 is 154 Å². The summed E-state index contributed by atoms with van der Waals surface area (Å²) in [5, 5.41) is 61.2. The fraction of sp³-hybridized carbons (Fsp3) is 0.169. The summed E-state index contributed by atoms with van der Waals surface area (Å²) in [6.07, 6.45) is -14.5. The summed E-state index contributed by atoms with van der Waals surface area (Å²) < 4.78 is 132. The average Bonchev–Trinajstić information content (AvgIpc) is 1.37. The van der Waals surface area contributed by atoms with Crippen LogP contribution in [0.5, 0.6) is 0 Å². The number of esters is 4. The van der Waals surface area contributed by atoms with Gasteiger partial charge in [0.25, 0.3) is 0 Å². The van der Waals surface area contributed by atoms with Gasteiger partial charge in [-0.05, 0) is 187 Å². The first-order valence-electron chi connectivity index (χ1n) is 26.6. The Bertz CT molecular complexity index is 5370. The second-order valence-corrected chi connectivity index (χ2v) is 23.3. The molecule has 0 aromatic heterocycles. The van der Waals surface area contributed by atoms with Gasteiger partial charge < -0.3 is 39.4 Å². The van der Waals surface area contributed by atoms with Crippen molar-refractivity contribution < 1.29 is 93.7 Å². The molecule has 0 radical (unpaired) electrons. The van der Waals surface area contributed by atoms with Crippen LogP contribution in [-0.4, -0.2) is 95.2 Å². The Hall–Kier alpha value is -9.34. The third kappa shape index (κ3) is 4.93. The van der Waals surface area contributed by atoms with Crippen LogP contribution in [0.1, 0.15) is 63.7 Å². The quantitative estimate of drug-likeness (QED) is 0.0350. The summed E-state index contributed by atoms with van der Waals surface area (Å²) in [7, 11) is 0. The van der Waals surface area contributed by atoms with E-state index >= 15 is 0 Å². The topological polar surface area (TPSA) is 186 Å². The first-order valence-corrected chi connectivity index (χ1v) is 26.6. The highest BCUT2D eigenvalue weighted by Crippen LogP contribution is 2.93. The molecule has 2 atom stereocenters. The maximum Gasteiger partial charge on any atom is 0.387 e. The molecule has 416 valence electrons. The Morgan fingerprint density at radius 1 is 0.329 bits per heavy atom. The van der Waals surface area contributed by atoms with Gasteiger partial charge in [-0.1, -0.05) is 72.8 Å². The van der Waals surface area contributed by atoms with Crippen molar-refractivity contribution in [2.75, 3.05) is 26.4 Å². The zero-order chi connectivity index (χ0) is 58.4. The van der Waals surface area contributed by atoms with Crippen LogP contribution in [0.25, 0.3) is 130 Å². The molecular weight excluding hydrogens is 1120 g/mol. The van der Waals surface area contributed by atoms with Crippen LogP contribution >= 0.6 is 0 Å². The lowest BCUT2D eigenvalue weighted by Gasteiger charge is -2.32. The van der Waals surface area contributed by atoms with Crippen molar-refractivity contribution in [3.63, 3.8) is 0 Å². The molecule has 0 saturated heterocycles. The lowest BCUT2D eigenvalue weighted by atomic mass is 9.68. The molecule has 14 aromatic rings. The Balaban J connectivity index is 1.02. The van der Waals surface area contributed by atoms with E-state index in [9.17, 15) is 74.7 Å². The van der Waals surface area contributed by atoms with E-state index in [4.69, 9.17) is 18.9 Å². The number of aliphatic hydroxyl groups is 4. The van der Waals surface area contributed by atoms with Crippen molar-refractivity contribution in [3.8, 4) is 0 Å². The molecule has 14 aromatic carbocycles. The third-order valence-electron chi connectivity index (χ3n) is 19.7. The van der Waals surface area contributed by atoms with Gasteiger partial charge in [-0.15, -0.1) is 0 Å². The van der Waals surface area contributed by atoms with E-state index in [2.05, 4.69) is 36.4 Å². The van der Waals surface area contributed by atoms with E-state index in [-0.39, 0.29) is 11.1 Å². The predicted molar refractivity (Wildman–Crippen MR) is 291 cm³/mol. The lowest BCUT2D eigenvalue weighted by molar-refractivity contribution is -0.222. The molecule has 20 heteroatoms. The number of benzene rings is 10. The van der Waals surface area contributed by atoms with Crippen LogP contribution in [0, 0.1) is 0 Å². The molecule has 0 heterocycles. The molecule has 5 aliphatic carbocycles. The second kappa shape index (κ2) is 13.9. The number of ether oxygens (including phenoxy) is 4. The highest BCUT2D eigenvalue weighted by atomic mass is 19.3. The Morgan fingerprint density at radius 3 is 0.918 bits per heavy atom. The largest absolute Gasteiger partial charge is 0.453 e. The highest BCUT2D eigenvalue weighted by molar-refractivity contribution is 6.64. The molecule has 5 aliphatic rings. The third-order valence-corrected chi connectivity index (χ3v) is 19.7. The SMILES string of the molecule is O=C(OCC(O)(F)F)c1ccc(C2(c3ccc(C(=O)OCC(O)(F)F)c(C(=O)OCC(O)(F)F)c3)C34C5=c6ccc7c8ccc9c%10ccc%11c%12ccc%13c%14c(c%15c%16c3c6c7c3c8c9c6c%10c%11c(c%14%12)c%15c6c%163)C42C=%13C=C5)cc1C(=O)OCC(O)(F)F. The van der Waals surface area contributed by atoms with Gasteiger partial charge in [-0.3, -0.25) is 0 Å². The Kier molecular flexibility index (Phi) is 7.87. The zero-order valence-corrected chi connectivity index (χ0v) is 42.6. The smallest absolute Gasteiger partial charge is 0.387 e. The highest BCUT2D eigenvalue weighted by Gasteiger charge is 2.94. The molecule has 85 heavy (non-hydrogen) atoms. The predicted octanol–water partition coefficient (Wildman–Crippen LogP) is 10.2. The Morgan fingerprint density at radius 2 is 0.600 bits per heavy atom. The molecule has 0 amide bonds. The molecule has 0 aliphatic heterocycles. The average molecular weight is 1150 g/mol.